The third-order valence-electron chi connectivity index (χ3n) is 3.53. The predicted molar refractivity (Wildman–Crippen MR) is 76.6 cm³/mol. The summed E-state index contributed by atoms with van der Waals surface area (Å²) in [6.45, 7) is 1.80. The van der Waals surface area contributed by atoms with Gasteiger partial charge in [-0.2, -0.15) is 4.39 Å². The molecule has 1 aliphatic heterocycles. The molecule has 0 spiro atoms. The van der Waals surface area contributed by atoms with E-state index in [9.17, 15) is 19.3 Å². The molecule has 21 heavy (non-hydrogen) atoms. The number of carbonyl (C=O) groups is 1. The van der Waals surface area contributed by atoms with Gasteiger partial charge < -0.3 is 10.2 Å². The van der Waals surface area contributed by atoms with E-state index >= 15 is 0 Å². The van der Waals surface area contributed by atoms with Crippen molar-refractivity contribution in [1.29, 1.82) is 0 Å². The molecule has 1 heterocycles. The van der Waals surface area contributed by atoms with Gasteiger partial charge in [0.05, 0.1) is 4.92 Å². The van der Waals surface area contributed by atoms with E-state index < -0.39 is 16.4 Å². The smallest absolute Gasteiger partial charge is 0.327 e. The SMILES string of the molecule is O=C(CCNc1cccc(F)c1[N+](=O)[O-])N1CCCCC1. The number of piperidine rings is 1. The van der Waals surface area contributed by atoms with Crippen LogP contribution in [0.25, 0.3) is 0 Å². The Morgan fingerprint density at radius 2 is 2.05 bits per heavy atom. The number of hydrogen-bond acceptors (Lipinski definition) is 4. The molecule has 1 N–H and O–H groups in total. The molecule has 1 amide bonds. The highest BCUT2D eigenvalue weighted by molar-refractivity contribution is 5.77. The quantitative estimate of drug-likeness (QED) is 0.669. The molecule has 7 heteroatoms. The first-order valence-corrected chi connectivity index (χ1v) is 7.04. The van der Waals surface area contributed by atoms with Crippen molar-refractivity contribution in [2.45, 2.75) is 25.7 Å². The summed E-state index contributed by atoms with van der Waals surface area (Å²) in [5, 5.41) is 13.6. The summed E-state index contributed by atoms with van der Waals surface area (Å²) in [5.41, 5.74) is -0.477. The molecule has 0 atom stereocenters. The topological polar surface area (TPSA) is 75.5 Å². The number of nitrogens with zero attached hydrogens (tertiary/aromatic N) is 2. The molecule has 0 radical (unpaired) electrons. The minimum atomic E-state index is -0.882. The molecule has 0 bridgehead atoms. The third kappa shape index (κ3) is 3.90. The number of nitro groups is 1. The van der Waals surface area contributed by atoms with Gasteiger partial charge in [0.2, 0.25) is 11.7 Å². The summed E-state index contributed by atoms with van der Waals surface area (Å²) in [6.07, 6.45) is 3.44. The largest absolute Gasteiger partial charge is 0.379 e. The van der Waals surface area contributed by atoms with Crippen molar-refractivity contribution in [2.75, 3.05) is 25.0 Å². The first-order valence-electron chi connectivity index (χ1n) is 7.04. The monoisotopic (exact) mass is 295 g/mol. The molecule has 1 aliphatic rings. The maximum Gasteiger partial charge on any atom is 0.327 e. The molecule has 1 aromatic rings. The number of halogens is 1. The van der Waals surface area contributed by atoms with Crippen LogP contribution in [0.3, 0.4) is 0 Å². The van der Waals surface area contributed by atoms with Crippen LogP contribution < -0.4 is 5.32 Å². The lowest BCUT2D eigenvalue weighted by molar-refractivity contribution is -0.386. The molecule has 1 saturated heterocycles. The maximum atomic E-state index is 13.4. The van der Waals surface area contributed by atoms with Gasteiger partial charge in [-0.1, -0.05) is 6.07 Å². The average molecular weight is 295 g/mol. The van der Waals surface area contributed by atoms with Crippen molar-refractivity contribution >= 4 is 17.3 Å². The van der Waals surface area contributed by atoms with Gasteiger partial charge in [-0.25, -0.2) is 0 Å². The fourth-order valence-electron chi connectivity index (χ4n) is 2.45. The zero-order valence-electron chi connectivity index (χ0n) is 11.7. The number of benzene rings is 1. The summed E-state index contributed by atoms with van der Waals surface area (Å²) in [5.74, 6) is -0.853. The first-order chi connectivity index (χ1) is 10.1. The number of carbonyl (C=O) groups excluding carboxylic acids is 1. The average Bonchev–Trinajstić information content (AvgIpc) is 2.47. The lowest BCUT2D eigenvalue weighted by Gasteiger charge is -2.26. The van der Waals surface area contributed by atoms with Crippen LogP contribution >= 0.6 is 0 Å². The number of rotatable bonds is 5. The summed E-state index contributed by atoms with van der Waals surface area (Å²) >= 11 is 0. The molecule has 114 valence electrons. The second-order valence-corrected chi connectivity index (χ2v) is 5.01. The molecule has 0 unspecified atom stereocenters. The Bertz CT molecular complexity index is 530. The highest BCUT2D eigenvalue weighted by Gasteiger charge is 2.20. The number of hydrogen-bond donors (Lipinski definition) is 1. The summed E-state index contributed by atoms with van der Waals surface area (Å²) in [6, 6.07) is 3.88. The van der Waals surface area contributed by atoms with E-state index in [1.165, 1.54) is 12.1 Å². The van der Waals surface area contributed by atoms with E-state index in [0.717, 1.165) is 38.4 Å². The van der Waals surface area contributed by atoms with Crippen molar-refractivity contribution in [3.63, 3.8) is 0 Å². The highest BCUT2D eigenvalue weighted by atomic mass is 19.1. The lowest BCUT2D eigenvalue weighted by Crippen LogP contribution is -2.36. The van der Waals surface area contributed by atoms with Crippen molar-refractivity contribution in [2.24, 2.45) is 0 Å². The fourth-order valence-corrected chi connectivity index (χ4v) is 2.45. The number of nitrogens with one attached hydrogen (secondary N) is 1. The molecule has 1 aromatic carbocycles. The number of likely N-dealkylation sites (tertiary alicyclic amines) is 1. The Balaban J connectivity index is 1.90. The highest BCUT2D eigenvalue weighted by Crippen LogP contribution is 2.27. The van der Waals surface area contributed by atoms with Gasteiger partial charge in [0.1, 0.15) is 5.69 Å². The number of para-hydroxylation sites is 1. The second-order valence-electron chi connectivity index (χ2n) is 5.01. The van der Waals surface area contributed by atoms with Crippen LogP contribution in [0.2, 0.25) is 0 Å². The molecule has 1 fully saturated rings. The molecule has 0 aliphatic carbocycles. The summed E-state index contributed by atoms with van der Waals surface area (Å²) < 4.78 is 13.4. The van der Waals surface area contributed by atoms with E-state index in [4.69, 9.17) is 0 Å². The Kier molecular flexibility index (Phi) is 5.08. The first kappa shape index (κ1) is 15.2. The van der Waals surface area contributed by atoms with Gasteiger partial charge >= 0.3 is 5.69 Å². The van der Waals surface area contributed by atoms with Crippen LogP contribution in [0.4, 0.5) is 15.8 Å². The number of amides is 1. The molecule has 0 aromatic heterocycles. The van der Waals surface area contributed by atoms with Gasteiger partial charge in [0.15, 0.2) is 0 Å². The Hall–Kier alpha value is -2.18. The Labute approximate surface area is 122 Å². The van der Waals surface area contributed by atoms with E-state index in [1.54, 1.807) is 0 Å². The molecular weight excluding hydrogens is 277 g/mol. The standard InChI is InChI=1S/C14H18FN3O3/c15-11-5-4-6-12(14(11)18(20)21)16-8-7-13(19)17-9-2-1-3-10-17/h4-6,16H,1-3,7-10H2. The van der Waals surface area contributed by atoms with Gasteiger partial charge in [-0.15, -0.1) is 0 Å². The van der Waals surface area contributed by atoms with Crippen molar-refractivity contribution in [3.05, 3.63) is 34.1 Å². The third-order valence-corrected chi connectivity index (χ3v) is 3.53. The van der Waals surface area contributed by atoms with Crippen molar-refractivity contribution in [1.82, 2.24) is 4.90 Å². The summed E-state index contributed by atoms with van der Waals surface area (Å²) in [7, 11) is 0. The molecule has 0 saturated carbocycles. The normalized spacial score (nSPS) is 14.8. The predicted octanol–water partition coefficient (Wildman–Crippen LogP) is 2.55. The summed E-state index contributed by atoms with van der Waals surface area (Å²) in [4.78, 5) is 23.8. The lowest BCUT2D eigenvalue weighted by atomic mass is 10.1. The van der Waals surface area contributed by atoms with Crippen LogP contribution in [0.15, 0.2) is 18.2 Å². The van der Waals surface area contributed by atoms with E-state index in [0.29, 0.717) is 0 Å². The van der Waals surface area contributed by atoms with Crippen LogP contribution in [0, 0.1) is 15.9 Å². The van der Waals surface area contributed by atoms with Crippen molar-refractivity contribution < 1.29 is 14.1 Å². The molecular formula is C14H18FN3O3. The van der Waals surface area contributed by atoms with Crippen LogP contribution in [0.5, 0.6) is 0 Å². The van der Waals surface area contributed by atoms with E-state index in [2.05, 4.69) is 5.32 Å². The molecule has 6 nitrogen and oxygen atoms in total. The zero-order chi connectivity index (χ0) is 15.2. The van der Waals surface area contributed by atoms with Gasteiger partial charge in [-0.3, -0.25) is 14.9 Å². The number of nitro benzene ring substituents is 1. The second kappa shape index (κ2) is 7.01. The van der Waals surface area contributed by atoms with Gasteiger partial charge in [-0.05, 0) is 31.4 Å². The van der Waals surface area contributed by atoms with Gasteiger partial charge in [0.25, 0.3) is 0 Å². The van der Waals surface area contributed by atoms with Crippen LogP contribution in [-0.2, 0) is 4.79 Å². The fraction of sp³-hybridized carbons (Fsp3) is 0.500. The van der Waals surface area contributed by atoms with Gasteiger partial charge in [0, 0.05) is 26.1 Å². The Morgan fingerprint density at radius 1 is 1.33 bits per heavy atom. The maximum absolute atomic E-state index is 13.4. The zero-order valence-corrected chi connectivity index (χ0v) is 11.7. The number of anilines is 1. The van der Waals surface area contributed by atoms with Crippen LogP contribution in [-0.4, -0.2) is 35.4 Å². The van der Waals surface area contributed by atoms with E-state index in [1.807, 2.05) is 4.90 Å². The minimum Gasteiger partial charge on any atom is -0.379 e. The molecule has 2 rings (SSSR count). The minimum absolute atomic E-state index is 0.0289. The van der Waals surface area contributed by atoms with E-state index in [-0.39, 0.29) is 24.6 Å². The van der Waals surface area contributed by atoms with Crippen molar-refractivity contribution in [3.8, 4) is 0 Å². The Morgan fingerprint density at radius 3 is 2.71 bits per heavy atom. The van der Waals surface area contributed by atoms with Crippen LogP contribution in [0.1, 0.15) is 25.7 Å².